The summed E-state index contributed by atoms with van der Waals surface area (Å²) in [6, 6.07) is 12.5. The molecule has 3 aromatic rings. The molecule has 0 spiro atoms. The number of aliphatic hydroxyl groups excluding tert-OH is 1. The number of aromatic nitrogens is 1. The highest BCUT2D eigenvalue weighted by Crippen LogP contribution is 2.44. The monoisotopic (exact) mass is 536 g/mol. The van der Waals surface area contributed by atoms with Gasteiger partial charge in [0.1, 0.15) is 22.1 Å². The Morgan fingerprint density at radius 3 is 2.50 bits per heavy atom. The summed E-state index contributed by atoms with van der Waals surface area (Å²) < 4.78 is 16.1. The van der Waals surface area contributed by atoms with E-state index in [0.29, 0.717) is 34.9 Å². The summed E-state index contributed by atoms with van der Waals surface area (Å²) in [7, 11) is 1.52. The number of Topliss-reactive ketones (excluding diaryl/α,β-unsaturated/α-hetero) is 1. The van der Waals surface area contributed by atoms with Gasteiger partial charge in [0, 0.05) is 5.56 Å². The number of benzene rings is 2. The molecule has 1 aliphatic heterocycles. The first-order valence-corrected chi connectivity index (χ1v) is 12.9. The Kier molecular flexibility index (Phi) is 8.11. The third-order valence-corrected chi connectivity index (χ3v) is 7.04. The maximum atomic E-state index is 13.4. The highest BCUT2D eigenvalue weighted by Gasteiger charge is 2.48. The molecular weight excluding hydrogens is 508 g/mol. The summed E-state index contributed by atoms with van der Waals surface area (Å²) in [6.45, 7) is 5.99. The molecule has 0 aliphatic carbocycles. The number of carbonyl (C=O) groups excluding carboxylic acids is 3. The van der Waals surface area contributed by atoms with Crippen molar-refractivity contribution in [1.29, 1.82) is 0 Å². The van der Waals surface area contributed by atoms with Crippen LogP contribution in [0.2, 0.25) is 0 Å². The number of methoxy groups -OCH3 is 1. The topological polar surface area (TPSA) is 115 Å². The van der Waals surface area contributed by atoms with Crippen LogP contribution in [0.3, 0.4) is 0 Å². The number of esters is 1. The maximum Gasteiger partial charge on any atom is 0.350 e. The average molecular weight is 537 g/mol. The van der Waals surface area contributed by atoms with Crippen LogP contribution in [0.5, 0.6) is 11.5 Å². The van der Waals surface area contributed by atoms with E-state index in [1.807, 2.05) is 6.92 Å². The van der Waals surface area contributed by atoms with Crippen molar-refractivity contribution < 1.29 is 33.7 Å². The second-order valence-electron chi connectivity index (χ2n) is 8.45. The van der Waals surface area contributed by atoms with Crippen molar-refractivity contribution in [3.05, 3.63) is 75.8 Å². The highest BCUT2D eigenvalue weighted by molar-refractivity contribution is 7.17. The molecule has 9 nitrogen and oxygen atoms in total. The maximum absolute atomic E-state index is 13.4. The van der Waals surface area contributed by atoms with Crippen molar-refractivity contribution in [2.45, 2.75) is 33.2 Å². The first-order valence-electron chi connectivity index (χ1n) is 12.1. The van der Waals surface area contributed by atoms with Gasteiger partial charge in [0.05, 0.1) is 37.6 Å². The fraction of sp³-hybridized carbons (Fsp3) is 0.286. The molecule has 1 unspecified atom stereocenters. The van der Waals surface area contributed by atoms with Gasteiger partial charge in [-0.1, -0.05) is 30.4 Å². The van der Waals surface area contributed by atoms with E-state index >= 15 is 0 Å². The van der Waals surface area contributed by atoms with Crippen molar-refractivity contribution in [3.8, 4) is 11.5 Å². The first kappa shape index (κ1) is 26.9. The third-order valence-electron chi connectivity index (χ3n) is 5.91. The van der Waals surface area contributed by atoms with Crippen LogP contribution in [-0.2, 0) is 14.3 Å². The average Bonchev–Trinajstić information content (AvgIpc) is 3.44. The van der Waals surface area contributed by atoms with Gasteiger partial charge in [-0.15, -0.1) is 0 Å². The van der Waals surface area contributed by atoms with E-state index in [0.717, 1.165) is 17.8 Å². The molecule has 1 saturated heterocycles. The minimum atomic E-state index is -1.01. The number of thiazole rings is 1. The second-order valence-corrected chi connectivity index (χ2v) is 9.43. The molecule has 1 aliphatic rings. The van der Waals surface area contributed by atoms with Gasteiger partial charge >= 0.3 is 11.9 Å². The van der Waals surface area contributed by atoms with E-state index in [4.69, 9.17) is 14.2 Å². The van der Waals surface area contributed by atoms with Gasteiger partial charge in [0.15, 0.2) is 5.13 Å². The molecule has 0 radical (unpaired) electrons. The quantitative estimate of drug-likeness (QED) is 0.175. The Morgan fingerprint density at radius 1 is 1.11 bits per heavy atom. The van der Waals surface area contributed by atoms with E-state index in [2.05, 4.69) is 4.98 Å². The summed E-state index contributed by atoms with van der Waals surface area (Å²) >= 11 is 0.957. The van der Waals surface area contributed by atoms with Gasteiger partial charge < -0.3 is 19.3 Å². The lowest BCUT2D eigenvalue weighted by Crippen LogP contribution is -2.29. The number of ketones is 1. The summed E-state index contributed by atoms with van der Waals surface area (Å²) in [6.07, 6.45) is 0.801. The molecule has 1 amide bonds. The zero-order valence-electron chi connectivity index (χ0n) is 21.5. The number of carbonyl (C=O) groups is 3. The van der Waals surface area contributed by atoms with Gasteiger partial charge in [-0.3, -0.25) is 14.5 Å². The molecular formula is C28H28N2O7S. The van der Waals surface area contributed by atoms with Crippen molar-refractivity contribution in [1.82, 2.24) is 4.98 Å². The lowest BCUT2D eigenvalue weighted by atomic mass is 9.95. The number of anilines is 1. The van der Waals surface area contributed by atoms with E-state index in [-0.39, 0.29) is 27.9 Å². The van der Waals surface area contributed by atoms with Crippen LogP contribution in [0.15, 0.2) is 54.1 Å². The molecule has 1 fully saturated rings. The summed E-state index contributed by atoms with van der Waals surface area (Å²) in [4.78, 5) is 45.2. The van der Waals surface area contributed by atoms with Gasteiger partial charge in [-0.2, -0.15) is 0 Å². The normalized spacial score (nSPS) is 16.5. The number of amides is 1. The zero-order chi connectivity index (χ0) is 27.4. The first-order chi connectivity index (χ1) is 18.3. The van der Waals surface area contributed by atoms with Crippen molar-refractivity contribution >= 4 is 39.9 Å². The lowest BCUT2D eigenvalue weighted by Gasteiger charge is -2.23. The molecule has 10 heteroatoms. The van der Waals surface area contributed by atoms with Gasteiger partial charge in [-0.25, -0.2) is 9.78 Å². The van der Waals surface area contributed by atoms with E-state index < -0.39 is 23.7 Å². The minimum absolute atomic E-state index is 0.0988. The molecule has 2 aromatic carbocycles. The Morgan fingerprint density at radius 2 is 1.84 bits per heavy atom. The number of hydrogen-bond acceptors (Lipinski definition) is 9. The number of aliphatic hydroxyl groups is 1. The molecule has 38 heavy (non-hydrogen) atoms. The Bertz CT molecular complexity index is 1390. The second kappa shape index (κ2) is 11.5. The number of nitrogens with zero attached hydrogens (tertiary/aromatic N) is 2. The minimum Gasteiger partial charge on any atom is -0.507 e. The standard InChI is InChI=1S/C28H28N2O7S/c1-5-14-37-20-9-7-8-18(15-20)22-21(23(31)17-10-12-19(35-4)13-11-17)24(32)26(33)30(22)28-29-16(3)25(38-28)27(34)36-6-2/h7-13,15,22,31H,5-6,14H2,1-4H3. The van der Waals surface area contributed by atoms with Crippen LogP contribution >= 0.6 is 11.3 Å². The Labute approximate surface area is 224 Å². The van der Waals surface area contributed by atoms with Crippen molar-refractivity contribution in [3.63, 3.8) is 0 Å². The van der Waals surface area contributed by atoms with Crippen LogP contribution in [0.25, 0.3) is 5.76 Å². The summed E-state index contributed by atoms with van der Waals surface area (Å²) in [5, 5.41) is 11.5. The van der Waals surface area contributed by atoms with Crippen LogP contribution in [0, 0.1) is 6.92 Å². The smallest absolute Gasteiger partial charge is 0.350 e. The molecule has 0 bridgehead atoms. The third kappa shape index (κ3) is 5.12. The van der Waals surface area contributed by atoms with E-state index in [9.17, 15) is 19.5 Å². The number of rotatable bonds is 9. The molecule has 1 N–H and O–H groups in total. The molecule has 2 heterocycles. The lowest BCUT2D eigenvalue weighted by molar-refractivity contribution is -0.132. The van der Waals surface area contributed by atoms with Crippen LogP contribution < -0.4 is 14.4 Å². The zero-order valence-corrected chi connectivity index (χ0v) is 22.3. The number of hydrogen-bond donors (Lipinski definition) is 1. The SMILES string of the molecule is CCCOc1cccc(C2C(=C(O)c3ccc(OC)cc3)C(=O)C(=O)N2c2nc(C)c(C(=O)OCC)s2)c1. The molecule has 1 atom stereocenters. The van der Waals surface area contributed by atoms with Crippen LogP contribution in [-0.4, -0.2) is 48.1 Å². The fourth-order valence-electron chi connectivity index (χ4n) is 4.12. The number of ether oxygens (including phenoxy) is 3. The molecule has 4 rings (SSSR count). The number of aryl methyl sites for hydroxylation is 1. The summed E-state index contributed by atoms with van der Waals surface area (Å²) in [5.74, 6) is -1.50. The van der Waals surface area contributed by atoms with Crippen molar-refractivity contribution in [2.24, 2.45) is 0 Å². The molecule has 0 saturated carbocycles. The highest BCUT2D eigenvalue weighted by atomic mass is 32.1. The largest absolute Gasteiger partial charge is 0.507 e. The van der Waals surface area contributed by atoms with Crippen LogP contribution in [0.1, 0.15) is 52.8 Å². The van der Waals surface area contributed by atoms with E-state index in [1.54, 1.807) is 62.4 Å². The Hall–Kier alpha value is -4.18. The Balaban J connectivity index is 1.89. The van der Waals surface area contributed by atoms with Gasteiger partial charge in [-0.05, 0) is 62.2 Å². The fourth-order valence-corrected chi connectivity index (χ4v) is 5.10. The predicted molar refractivity (Wildman–Crippen MR) is 143 cm³/mol. The summed E-state index contributed by atoms with van der Waals surface area (Å²) in [5.41, 5.74) is 1.16. The van der Waals surface area contributed by atoms with Crippen LogP contribution in [0.4, 0.5) is 5.13 Å². The predicted octanol–water partition coefficient (Wildman–Crippen LogP) is 5.05. The molecule has 198 valence electrons. The molecule has 1 aromatic heterocycles. The van der Waals surface area contributed by atoms with E-state index in [1.165, 1.54) is 12.0 Å². The van der Waals surface area contributed by atoms with Gasteiger partial charge in [0.2, 0.25) is 0 Å². The van der Waals surface area contributed by atoms with Gasteiger partial charge in [0.25, 0.3) is 5.78 Å². The van der Waals surface area contributed by atoms with Crippen molar-refractivity contribution in [2.75, 3.05) is 25.2 Å².